The molecule has 122 valence electrons. The fourth-order valence-corrected chi connectivity index (χ4v) is 5.50. The second-order valence-corrected chi connectivity index (χ2v) is 7.34. The van der Waals surface area contributed by atoms with Gasteiger partial charge in [0.25, 0.3) is 0 Å². The van der Waals surface area contributed by atoms with E-state index in [0.717, 1.165) is 30.9 Å². The molecule has 2 heterocycles. The van der Waals surface area contributed by atoms with Crippen LogP contribution < -0.4 is 9.47 Å². The molecule has 1 aromatic rings. The first-order valence-electron chi connectivity index (χ1n) is 8.69. The smallest absolute Gasteiger partial charge is 0.165 e. The fourth-order valence-electron chi connectivity index (χ4n) is 5.50. The monoisotopic (exact) mass is 313 g/mol. The summed E-state index contributed by atoms with van der Waals surface area (Å²) < 4.78 is 12.2. The van der Waals surface area contributed by atoms with Crippen molar-refractivity contribution in [1.82, 2.24) is 4.90 Å². The summed E-state index contributed by atoms with van der Waals surface area (Å²) in [5, 5.41) is 10.6. The maximum Gasteiger partial charge on any atom is 0.165 e. The molecule has 4 nitrogen and oxygen atoms in total. The predicted molar refractivity (Wildman–Crippen MR) is 87.1 cm³/mol. The van der Waals surface area contributed by atoms with Gasteiger partial charge >= 0.3 is 0 Å². The molecular formula is C19H23NO3. The van der Waals surface area contributed by atoms with E-state index in [1.54, 1.807) is 0 Å². The van der Waals surface area contributed by atoms with E-state index in [2.05, 4.69) is 24.1 Å². The van der Waals surface area contributed by atoms with E-state index < -0.39 is 6.10 Å². The van der Waals surface area contributed by atoms with Gasteiger partial charge in [0.05, 0.1) is 6.61 Å². The Hall–Kier alpha value is -1.52. The Morgan fingerprint density at radius 1 is 1.39 bits per heavy atom. The van der Waals surface area contributed by atoms with Crippen molar-refractivity contribution >= 4 is 0 Å². The summed E-state index contributed by atoms with van der Waals surface area (Å²) >= 11 is 0. The lowest BCUT2D eigenvalue weighted by Crippen LogP contribution is -2.64. The first kappa shape index (κ1) is 13.9. The van der Waals surface area contributed by atoms with E-state index in [-0.39, 0.29) is 11.5 Å². The van der Waals surface area contributed by atoms with Gasteiger partial charge in [-0.3, -0.25) is 0 Å². The summed E-state index contributed by atoms with van der Waals surface area (Å²) in [6.07, 6.45) is 5.56. The van der Waals surface area contributed by atoms with Crippen LogP contribution in [-0.2, 0) is 11.8 Å². The highest BCUT2D eigenvalue weighted by Gasteiger charge is 2.64. The summed E-state index contributed by atoms with van der Waals surface area (Å²) in [6.45, 7) is 3.68. The van der Waals surface area contributed by atoms with Gasteiger partial charge in [0.2, 0.25) is 0 Å². The Labute approximate surface area is 136 Å². The molecule has 1 aromatic carbocycles. The third-order valence-electron chi connectivity index (χ3n) is 6.43. The van der Waals surface area contributed by atoms with Crippen molar-refractivity contribution in [1.29, 1.82) is 0 Å². The van der Waals surface area contributed by atoms with Crippen LogP contribution in [0.3, 0.4) is 0 Å². The topological polar surface area (TPSA) is 41.9 Å². The molecule has 4 heteroatoms. The van der Waals surface area contributed by atoms with Gasteiger partial charge in [-0.15, -0.1) is 0 Å². The molecule has 1 spiro atoms. The van der Waals surface area contributed by atoms with E-state index in [4.69, 9.17) is 9.47 Å². The molecule has 0 saturated carbocycles. The van der Waals surface area contributed by atoms with Gasteiger partial charge in [-0.2, -0.15) is 0 Å². The number of aliphatic hydroxyl groups is 1. The minimum absolute atomic E-state index is 0.0820. The zero-order valence-electron chi connectivity index (χ0n) is 13.7. The maximum atomic E-state index is 10.6. The van der Waals surface area contributed by atoms with Crippen LogP contribution in [0.5, 0.6) is 11.5 Å². The summed E-state index contributed by atoms with van der Waals surface area (Å²) in [4.78, 5) is 2.48. The van der Waals surface area contributed by atoms with Gasteiger partial charge in [-0.05, 0) is 45.0 Å². The molecule has 1 fully saturated rings. The number of hydrogen-bond acceptors (Lipinski definition) is 4. The van der Waals surface area contributed by atoms with E-state index in [0.29, 0.717) is 18.6 Å². The summed E-state index contributed by atoms with van der Waals surface area (Å²) in [7, 11) is 2.22. The zero-order chi connectivity index (χ0) is 15.8. The predicted octanol–water partition coefficient (Wildman–Crippen LogP) is 1.89. The maximum absolute atomic E-state index is 10.6. The van der Waals surface area contributed by atoms with Crippen LogP contribution in [0, 0.1) is 5.92 Å². The number of ether oxygens (including phenoxy) is 2. The van der Waals surface area contributed by atoms with Crippen molar-refractivity contribution in [2.24, 2.45) is 5.92 Å². The number of likely N-dealkylation sites (tertiary alicyclic amines) is 1. The Morgan fingerprint density at radius 3 is 3.09 bits per heavy atom. The molecule has 5 rings (SSSR count). The molecule has 2 unspecified atom stereocenters. The molecular weight excluding hydrogens is 290 g/mol. The van der Waals surface area contributed by atoms with E-state index in [1.165, 1.54) is 11.1 Å². The zero-order valence-corrected chi connectivity index (χ0v) is 13.7. The third kappa shape index (κ3) is 1.54. The Morgan fingerprint density at radius 2 is 2.26 bits per heavy atom. The summed E-state index contributed by atoms with van der Waals surface area (Å²) in [5.41, 5.74) is 2.62. The van der Waals surface area contributed by atoms with Gasteiger partial charge < -0.3 is 19.5 Å². The molecule has 1 N–H and O–H groups in total. The Bertz CT molecular complexity index is 700. The molecule has 2 aliphatic heterocycles. The largest absolute Gasteiger partial charge is 0.490 e. The van der Waals surface area contributed by atoms with Gasteiger partial charge in [0.1, 0.15) is 12.2 Å². The highest BCUT2D eigenvalue weighted by Crippen LogP contribution is 2.62. The Kier molecular flexibility index (Phi) is 2.73. The second kappa shape index (κ2) is 4.52. The normalized spacial score (nSPS) is 39.8. The quantitative estimate of drug-likeness (QED) is 0.847. The minimum atomic E-state index is -0.539. The third-order valence-corrected chi connectivity index (χ3v) is 6.43. The molecule has 2 bridgehead atoms. The molecule has 0 amide bonds. The van der Waals surface area contributed by atoms with Crippen LogP contribution >= 0.6 is 0 Å². The van der Waals surface area contributed by atoms with Crippen LogP contribution in [0.2, 0.25) is 0 Å². The number of hydrogen-bond donors (Lipinski definition) is 1. The van der Waals surface area contributed by atoms with Crippen molar-refractivity contribution in [2.45, 2.75) is 43.4 Å². The molecule has 0 aromatic heterocycles. The van der Waals surface area contributed by atoms with Gasteiger partial charge in [-0.1, -0.05) is 18.2 Å². The molecule has 23 heavy (non-hydrogen) atoms. The average molecular weight is 313 g/mol. The number of aliphatic hydroxyl groups excluding tert-OH is 1. The number of piperidine rings is 1. The van der Waals surface area contributed by atoms with E-state index in [1.807, 2.05) is 19.1 Å². The SMILES string of the molecule is CCOc1ccc2c3c1OC1C(O)C=C[C@H]4[C@@H](C2)N(C)CC[C@]314. The van der Waals surface area contributed by atoms with Crippen molar-refractivity contribution in [3.8, 4) is 11.5 Å². The Balaban J connectivity index is 1.78. The second-order valence-electron chi connectivity index (χ2n) is 7.34. The number of rotatable bonds is 2. The number of likely N-dealkylation sites (N-methyl/N-ethyl adjacent to an activating group) is 1. The van der Waals surface area contributed by atoms with Gasteiger partial charge in [0.15, 0.2) is 11.5 Å². The first-order chi connectivity index (χ1) is 11.2. The van der Waals surface area contributed by atoms with Crippen LogP contribution in [0.4, 0.5) is 0 Å². The lowest BCUT2D eigenvalue weighted by molar-refractivity contribution is -0.0453. The van der Waals surface area contributed by atoms with Crippen molar-refractivity contribution < 1.29 is 14.6 Å². The van der Waals surface area contributed by atoms with Crippen LogP contribution in [0.1, 0.15) is 24.5 Å². The molecule has 5 atom stereocenters. The first-order valence-corrected chi connectivity index (χ1v) is 8.69. The van der Waals surface area contributed by atoms with Crippen LogP contribution in [0.25, 0.3) is 0 Å². The van der Waals surface area contributed by atoms with Crippen LogP contribution in [-0.4, -0.2) is 48.5 Å². The van der Waals surface area contributed by atoms with E-state index >= 15 is 0 Å². The van der Waals surface area contributed by atoms with Crippen molar-refractivity contribution in [2.75, 3.05) is 20.2 Å². The van der Waals surface area contributed by atoms with Crippen molar-refractivity contribution in [3.63, 3.8) is 0 Å². The lowest BCUT2D eigenvalue weighted by Gasteiger charge is -2.56. The summed E-state index contributed by atoms with van der Waals surface area (Å²) in [6, 6.07) is 4.75. The summed E-state index contributed by atoms with van der Waals surface area (Å²) in [5.74, 6) is 2.14. The number of benzene rings is 1. The van der Waals surface area contributed by atoms with E-state index in [9.17, 15) is 5.11 Å². The van der Waals surface area contributed by atoms with Crippen molar-refractivity contribution in [3.05, 3.63) is 35.4 Å². The average Bonchev–Trinajstić information content (AvgIpc) is 2.90. The highest BCUT2D eigenvalue weighted by molar-refractivity contribution is 5.62. The molecule has 2 aliphatic carbocycles. The molecule has 1 saturated heterocycles. The number of nitrogens with zero attached hydrogens (tertiary/aromatic N) is 1. The molecule has 4 aliphatic rings. The van der Waals surface area contributed by atoms with Gasteiger partial charge in [-0.25, -0.2) is 0 Å². The standard InChI is InChI=1S/C19H23NO3/c1-3-22-15-7-4-11-10-13-12-5-6-14(21)18-19(12,8-9-20(13)2)16(11)17(15)23-18/h4-7,12-14,18,21H,3,8-10H2,1-2H3/t12-,13+,14?,18?,19-/m0/s1. The lowest BCUT2D eigenvalue weighted by atomic mass is 9.53. The fraction of sp³-hybridized carbons (Fsp3) is 0.579. The minimum Gasteiger partial charge on any atom is -0.490 e. The molecule has 0 radical (unpaired) electrons. The van der Waals surface area contributed by atoms with Gasteiger partial charge in [0, 0.05) is 22.9 Å². The highest BCUT2D eigenvalue weighted by atomic mass is 16.5. The van der Waals surface area contributed by atoms with Crippen LogP contribution in [0.15, 0.2) is 24.3 Å².